The van der Waals surface area contributed by atoms with Gasteiger partial charge in [0.15, 0.2) is 5.75 Å². The quantitative estimate of drug-likeness (QED) is 0.926. The summed E-state index contributed by atoms with van der Waals surface area (Å²) in [6.07, 6.45) is 6.36. The standard InChI is InChI=1S/C16H21N5O2/c1-10-7-13(11(2)20-19-10)16(22)18-14-5-4-6-15(14)23-12-8-17-21(3)9-12/h7-9,14-15H,4-6H2,1-3H3,(H,18,22)/t14-,15+/m0/s1. The normalized spacial score (nSPS) is 20.5. The first-order valence-corrected chi connectivity index (χ1v) is 7.80. The van der Waals surface area contributed by atoms with Gasteiger partial charge in [0.25, 0.3) is 5.91 Å². The van der Waals surface area contributed by atoms with Gasteiger partial charge in [0.05, 0.1) is 35.4 Å². The summed E-state index contributed by atoms with van der Waals surface area (Å²) in [4.78, 5) is 12.5. The lowest BCUT2D eigenvalue weighted by atomic mass is 10.1. The number of ether oxygens (including phenoxy) is 1. The number of nitrogens with zero attached hydrogens (tertiary/aromatic N) is 4. The zero-order chi connectivity index (χ0) is 16.4. The summed E-state index contributed by atoms with van der Waals surface area (Å²) in [5, 5.41) is 15.2. The fourth-order valence-corrected chi connectivity index (χ4v) is 2.89. The van der Waals surface area contributed by atoms with E-state index in [2.05, 4.69) is 20.6 Å². The minimum atomic E-state index is -0.118. The van der Waals surface area contributed by atoms with Gasteiger partial charge in [-0.2, -0.15) is 15.3 Å². The number of hydrogen-bond acceptors (Lipinski definition) is 5. The molecule has 7 heteroatoms. The third-order valence-electron chi connectivity index (χ3n) is 4.08. The molecule has 1 aliphatic carbocycles. The molecule has 2 aromatic rings. The predicted molar refractivity (Wildman–Crippen MR) is 84.2 cm³/mol. The van der Waals surface area contributed by atoms with E-state index < -0.39 is 0 Å². The van der Waals surface area contributed by atoms with Gasteiger partial charge < -0.3 is 10.1 Å². The molecule has 122 valence electrons. The number of nitrogens with one attached hydrogen (secondary N) is 1. The van der Waals surface area contributed by atoms with Crippen LogP contribution in [0, 0.1) is 13.8 Å². The van der Waals surface area contributed by atoms with E-state index >= 15 is 0 Å². The van der Waals surface area contributed by atoms with Gasteiger partial charge in [-0.25, -0.2) is 0 Å². The molecule has 2 aromatic heterocycles. The highest BCUT2D eigenvalue weighted by Crippen LogP contribution is 2.25. The Hall–Kier alpha value is -2.44. The number of amides is 1. The lowest BCUT2D eigenvalue weighted by Gasteiger charge is -2.21. The molecular weight excluding hydrogens is 294 g/mol. The highest BCUT2D eigenvalue weighted by atomic mass is 16.5. The van der Waals surface area contributed by atoms with Gasteiger partial charge in [0.2, 0.25) is 0 Å². The van der Waals surface area contributed by atoms with Crippen LogP contribution in [-0.2, 0) is 7.05 Å². The summed E-state index contributed by atoms with van der Waals surface area (Å²) in [5.74, 6) is 0.614. The maximum Gasteiger partial charge on any atom is 0.253 e. The Morgan fingerprint density at radius 1 is 1.35 bits per heavy atom. The van der Waals surface area contributed by atoms with Crippen molar-refractivity contribution in [2.45, 2.75) is 45.3 Å². The van der Waals surface area contributed by atoms with Gasteiger partial charge in [0.1, 0.15) is 6.10 Å². The molecule has 0 radical (unpaired) electrons. The van der Waals surface area contributed by atoms with Gasteiger partial charge in [0, 0.05) is 7.05 Å². The molecule has 1 fully saturated rings. The molecule has 23 heavy (non-hydrogen) atoms. The number of aryl methyl sites for hydroxylation is 3. The van der Waals surface area contributed by atoms with Crippen LogP contribution < -0.4 is 10.1 Å². The molecule has 0 aromatic carbocycles. The van der Waals surface area contributed by atoms with E-state index in [0.717, 1.165) is 30.7 Å². The molecule has 1 saturated carbocycles. The van der Waals surface area contributed by atoms with E-state index in [0.29, 0.717) is 11.3 Å². The van der Waals surface area contributed by atoms with Crippen molar-refractivity contribution in [2.24, 2.45) is 7.05 Å². The summed E-state index contributed by atoms with van der Waals surface area (Å²) >= 11 is 0. The summed E-state index contributed by atoms with van der Waals surface area (Å²) < 4.78 is 7.67. The summed E-state index contributed by atoms with van der Waals surface area (Å²) in [6, 6.07) is 1.76. The van der Waals surface area contributed by atoms with Crippen LogP contribution in [0.4, 0.5) is 0 Å². The predicted octanol–water partition coefficient (Wildman–Crippen LogP) is 1.56. The van der Waals surface area contributed by atoms with Crippen LogP contribution in [0.15, 0.2) is 18.5 Å². The second kappa shape index (κ2) is 6.36. The minimum absolute atomic E-state index is 0.00409. The van der Waals surface area contributed by atoms with Crippen molar-refractivity contribution in [1.82, 2.24) is 25.3 Å². The fourth-order valence-electron chi connectivity index (χ4n) is 2.89. The van der Waals surface area contributed by atoms with Crippen molar-refractivity contribution >= 4 is 5.91 Å². The van der Waals surface area contributed by atoms with Gasteiger partial charge in [-0.05, 0) is 39.2 Å². The first kappa shape index (κ1) is 15.5. The third kappa shape index (κ3) is 3.49. The average Bonchev–Trinajstić information content (AvgIpc) is 3.11. The topological polar surface area (TPSA) is 81.9 Å². The maximum atomic E-state index is 12.5. The van der Waals surface area contributed by atoms with Crippen LogP contribution in [0.1, 0.15) is 41.0 Å². The Morgan fingerprint density at radius 3 is 2.91 bits per heavy atom. The Kier molecular flexibility index (Phi) is 4.27. The smallest absolute Gasteiger partial charge is 0.253 e. The van der Waals surface area contributed by atoms with Crippen molar-refractivity contribution in [1.29, 1.82) is 0 Å². The third-order valence-corrected chi connectivity index (χ3v) is 4.08. The molecule has 1 amide bonds. The number of hydrogen-bond donors (Lipinski definition) is 1. The van der Waals surface area contributed by atoms with Crippen LogP contribution in [0.5, 0.6) is 5.75 Å². The van der Waals surface area contributed by atoms with Crippen molar-refractivity contribution in [3.63, 3.8) is 0 Å². The summed E-state index contributed by atoms with van der Waals surface area (Å²) in [7, 11) is 1.85. The molecule has 0 saturated heterocycles. The Morgan fingerprint density at radius 2 is 2.17 bits per heavy atom. The van der Waals surface area contributed by atoms with Gasteiger partial charge in [-0.3, -0.25) is 9.48 Å². The molecule has 0 aliphatic heterocycles. The van der Waals surface area contributed by atoms with Crippen molar-refractivity contribution in [3.8, 4) is 5.75 Å². The van der Waals surface area contributed by atoms with E-state index in [4.69, 9.17) is 4.74 Å². The largest absolute Gasteiger partial charge is 0.485 e. The van der Waals surface area contributed by atoms with Crippen molar-refractivity contribution in [3.05, 3.63) is 35.4 Å². The lowest BCUT2D eigenvalue weighted by Crippen LogP contribution is -2.42. The molecular formula is C16H21N5O2. The Bertz CT molecular complexity index is 712. The molecule has 0 bridgehead atoms. The first-order chi connectivity index (χ1) is 11.0. The van der Waals surface area contributed by atoms with Crippen molar-refractivity contribution in [2.75, 3.05) is 0 Å². The first-order valence-electron chi connectivity index (χ1n) is 7.80. The van der Waals surface area contributed by atoms with Crippen LogP contribution in [-0.4, -0.2) is 38.0 Å². The van der Waals surface area contributed by atoms with E-state index in [9.17, 15) is 4.79 Å². The number of carbonyl (C=O) groups is 1. The number of carbonyl (C=O) groups excluding carboxylic acids is 1. The monoisotopic (exact) mass is 315 g/mol. The van der Waals surface area contributed by atoms with Crippen LogP contribution >= 0.6 is 0 Å². The van der Waals surface area contributed by atoms with E-state index in [1.807, 2.05) is 20.2 Å². The van der Waals surface area contributed by atoms with E-state index in [1.54, 1.807) is 23.9 Å². The van der Waals surface area contributed by atoms with E-state index in [-0.39, 0.29) is 18.1 Å². The molecule has 2 heterocycles. The molecule has 3 rings (SSSR count). The lowest BCUT2D eigenvalue weighted by molar-refractivity contribution is 0.0892. The van der Waals surface area contributed by atoms with Gasteiger partial charge >= 0.3 is 0 Å². The minimum Gasteiger partial charge on any atom is -0.485 e. The fraction of sp³-hybridized carbons (Fsp3) is 0.500. The van der Waals surface area contributed by atoms with Crippen LogP contribution in [0.25, 0.3) is 0 Å². The molecule has 0 spiro atoms. The zero-order valence-corrected chi connectivity index (χ0v) is 13.6. The van der Waals surface area contributed by atoms with Crippen molar-refractivity contribution < 1.29 is 9.53 Å². The maximum absolute atomic E-state index is 12.5. The Balaban J connectivity index is 1.68. The Labute approximate surface area is 135 Å². The molecule has 1 aliphatic rings. The highest BCUT2D eigenvalue weighted by Gasteiger charge is 2.31. The van der Waals surface area contributed by atoms with Gasteiger partial charge in [-0.1, -0.05) is 0 Å². The average molecular weight is 315 g/mol. The van der Waals surface area contributed by atoms with Crippen LogP contribution in [0.3, 0.4) is 0 Å². The number of aromatic nitrogens is 4. The van der Waals surface area contributed by atoms with Gasteiger partial charge in [-0.15, -0.1) is 0 Å². The summed E-state index contributed by atoms with van der Waals surface area (Å²) in [5.41, 5.74) is 1.94. The SMILES string of the molecule is Cc1cc(C(=O)N[C@H]2CCC[C@H]2Oc2cnn(C)c2)c(C)nn1. The second-order valence-corrected chi connectivity index (χ2v) is 6.00. The summed E-state index contributed by atoms with van der Waals surface area (Å²) in [6.45, 7) is 3.62. The second-order valence-electron chi connectivity index (χ2n) is 6.00. The highest BCUT2D eigenvalue weighted by molar-refractivity contribution is 5.95. The molecule has 7 nitrogen and oxygen atoms in total. The number of rotatable bonds is 4. The molecule has 1 N–H and O–H groups in total. The molecule has 2 atom stereocenters. The zero-order valence-electron chi connectivity index (χ0n) is 13.6. The molecule has 0 unspecified atom stereocenters. The van der Waals surface area contributed by atoms with E-state index in [1.165, 1.54) is 0 Å². The van der Waals surface area contributed by atoms with Crippen LogP contribution in [0.2, 0.25) is 0 Å².